The van der Waals surface area contributed by atoms with Crippen LogP contribution in [0.1, 0.15) is 81.8 Å². The average molecular weight is 680 g/mol. The highest BCUT2D eigenvalue weighted by atomic mass is 16.5. The highest BCUT2D eigenvalue weighted by molar-refractivity contribution is 6.08. The van der Waals surface area contributed by atoms with Gasteiger partial charge in [-0.3, -0.25) is 14.5 Å². The number of aryl methyl sites for hydroxylation is 1. The lowest BCUT2D eigenvalue weighted by Crippen LogP contribution is -2.49. The lowest BCUT2D eigenvalue weighted by molar-refractivity contribution is -0.123. The molecule has 3 N–H and O–H groups in total. The number of fused-ring (bicyclic) bond motifs is 1. The van der Waals surface area contributed by atoms with Gasteiger partial charge in [0, 0.05) is 42.7 Å². The number of carbonyl (C=O) groups excluding carboxylic acids is 3. The Morgan fingerprint density at radius 3 is 2.18 bits per heavy atom. The van der Waals surface area contributed by atoms with Crippen molar-refractivity contribution in [2.45, 2.75) is 91.5 Å². The van der Waals surface area contributed by atoms with Crippen LogP contribution in [0.5, 0.6) is 0 Å². The number of nitrogens with zero attached hydrogens (tertiary/aromatic N) is 2. The molecule has 0 bridgehead atoms. The Hall–Kier alpha value is -4.76. The van der Waals surface area contributed by atoms with E-state index in [0.29, 0.717) is 55.8 Å². The minimum Gasteiger partial charge on any atom is -0.445 e. The maximum absolute atomic E-state index is 14.2. The monoisotopic (exact) mass is 679 g/mol. The molecule has 0 spiro atoms. The molecule has 0 saturated carbocycles. The second-order valence-corrected chi connectivity index (χ2v) is 13.2. The fourth-order valence-electron chi connectivity index (χ4n) is 6.07. The van der Waals surface area contributed by atoms with Gasteiger partial charge in [-0.15, -0.1) is 0 Å². The first-order valence-electron chi connectivity index (χ1n) is 17.9. The highest BCUT2D eigenvalue weighted by Crippen LogP contribution is 2.26. The van der Waals surface area contributed by atoms with Crippen molar-refractivity contribution < 1.29 is 19.1 Å². The van der Waals surface area contributed by atoms with Crippen molar-refractivity contribution in [2.24, 2.45) is 0 Å². The van der Waals surface area contributed by atoms with Crippen LogP contribution in [0.2, 0.25) is 0 Å². The molecule has 4 rings (SSSR count). The second kappa shape index (κ2) is 19.4. The summed E-state index contributed by atoms with van der Waals surface area (Å²) < 4.78 is 5.33. The third-order valence-electron chi connectivity index (χ3n) is 8.78. The van der Waals surface area contributed by atoms with Gasteiger partial charge in [0.2, 0.25) is 5.91 Å². The lowest BCUT2D eigenvalue weighted by atomic mass is 9.99. The van der Waals surface area contributed by atoms with Crippen LogP contribution in [0.3, 0.4) is 0 Å². The molecule has 0 fully saturated rings. The Morgan fingerprint density at radius 1 is 0.800 bits per heavy atom. The van der Waals surface area contributed by atoms with E-state index in [9.17, 15) is 14.4 Å². The number of unbranched alkanes of at least 4 members (excludes halogenated alkanes) is 1. The molecule has 3 amide bonds. The molecule has 1 heterocycles. The molecule has 0 saturated heterocycles. The van der Waals surface area contributed by atoms with Gasteiger partial charge in [0.15, 0.2) is 0 Å². The van der Waals surface area contributed by atoms with Crippen molar-refractivity contribution in [2.75, 3.05) is 19.6 Å². The Kier molecular flexibility index (Phi) is 14.8. The molecule has 9 nitrogen and oxygen atoms in total. The molecule has 0 aliphatic carbocycles. The molecule has 1 unspecified atom stereocenters. The molecule has 1 aromatic heterocycles. The number of ether oxygens (including phenoxy) is 1. The van der Waals surface area contributed by atoms with Crippen LogP contribution in [0.25, 0.3) is 22.2 Å². The maximum atomic E-state index is 14.2. The van der Waals surface area contributed by atoms with Gasteiger partial charge >= 0.3 is 6.09 Å². The summed E-state index contributed by atoms with van der Waals surface area (Å²) in [7, 11) is 0. The van der Waals surface area contributed by atoms with E-state index in [4.69, 9.17) is 9.72 Å². The first-order valence-corrected chi connectivity index (χ1v) is 17.9. The molecule has 1 atom stereocenters. The van der Waals surface area contributed by atoms with E-state index in [1.165, 1.54) is 0 Å². The fourth-order valence-corrected chi connectivity index (χ4v) is 6.07. The quantitative estimate of drug-likeness (QED) is 0.0953. The number of nitrogens with one attached hydrogen (secondary N) is 3. The van der Waals surface area contributed by atoms with E-state index < -0.39 is 12.1 Å². The minimum absolute atomic E-state index is 0.169. The first-order chi connectivity index (χ1) is 24.2. The van der Waals surface area contributed by atoms with Gasteiger partial charge in [0.1, 0.15) is 12.6 Å². The molecular weight excluding hydrogens is 626 g/mol. The molecule has 4 aromatic rings. The zero-order valence-corrected chi connectivity index (χ0v) is 30.2. The Labute approximate surface area is 297 Å². The summed E-state index contributed by atoms with van der Waals surface area (Å²) in [6, 6.07) is 27.0. The predicted octanol–water partition coefficient (Wildman–Crippen LogP) is 7.28. The zero-order chi connectivity index (χ0) is 35.9. The van der Waals surface area contributed by atoms with Gasteiger partial charge < -0.3 is 20.7 Å². The number of aromatic nitrogens is 1. The SMILES string of the molecule is CCCCc1ccc2nc(-c3ccccc3)cc(C(=O)NC(CCCNC(=O)OCc3ccccc3)C(=O)NCCN(C(C)C)C(C)C)c2c1. The standard InChI is InChI=1S/C41H53N5O4/c1-6-7-15-31-21-22-36-34(26-31)35(27-38(44-36)33-18-12-9-13-19-33)39(47)45-37(40(48)42-24-25-46(29(2)3)30(4)5)20-14-23-43-41(49)50-28-32-16-10-8-11-17-32/h8-13,16-19,21-22,26-27,29-30,37H,6-7,14-15,20,23-25,28H2,1-5H3,(H,42,48)(H,43,49)(H,45,47). The summed E-state index contributed by atoms with van der Waals surface area (Å²) in [4.78, 5) is 47.4. The van der Waals surface area contributed by atoms with E-state index in [-0.39, 0.29) is 18.4 Å². The molecule has 50 heavy (non-hydrogen) atoms. The van der Waals surface area contributed by atoms with Crippen LogP contribution in [0, 0.1) is 0 Å². The summed E-state index contributed by atoms with van der Waals surface area (Å²) in [5, 5.41) is 9.62. The number of hydrogen-bond acceptors (Lipinski definition) is 6. The topological polar surface area (TPSA) is 113 Å². The fraction of sp³-hybridized carbons (Fsp3) is 0.415. The van der Waals surface area contributed by atoms with Gasteiger partial charge in [-0.25, -0.2) is 9.78 Å². The maximum Gasteiger partial charge on any atom is 0.407 e. The van der Waals surface area contributed by atoms with Crippen LogP contribution in [0.15, 0.2) is 84.9 Å². The molecular formula is C41H53N5O4. The number of alkyl carbamates (subject to hydrolysis) is 1. The number of benzene rings is 3. The predicted molar refractivity (Wildman–Crippen MR) is 201 cm³/mol. The molecule has 3 aromatic carbocycles. The van der Waals surface area contributed by atoms with Crippen molar-refractivity contribution >= 4 is 28.8 Å². The van der Waals surface area contributed by atoms with Crippen LogP contribution >= 0.6 is 0 Å². The average Bonchev–Trinajstić information content (AvgIpc) is 3.12. The minimum atomic E-state index is -0.817. The van der Waals surface area contributed by atoms with Gasteiger partial charge in [-0.1, -0.05) is 80.1 Å². The van der Waals surface area contributed by atoms with Gasteiger partial charge in [0.25, 0.3) is 5.91 Å². The van der Waals surface area contributed by atoms with Crippen molar-refractivity contribution in [3.63, 3.8) is 0 Å². The highest BCUT2D eigenvalue weighted by Gasteiger charge is 2.24. The molecule has 0 aliphatic rings. The molecule has 0 radical (unpaired) electrons. The van der Waals surface area contributed by atoms with E-state index in [1.54, 1.807) is 0 Å². The number of hydrogen-bond donors (Lipinski definition) is 3. The summed E-state index contributed by atoms with van der Waals surface area (Å²) in [5.74, 6) is -0.605. The third kappa shape index (κ3) is 11.4. The second-order valence-electron chi connectivity index (χ2n) is 13.2. The molecule has 266 valence electrons. The van der Waals surface area contributed by atoms with E-state index in [1.807, 2.05) is 78.9 Å². The van der Waals surface area contributed by atoms with Crippen LogP contribution < -0.4 is 16.0 Å². The summed E-state index contributed by atoms with van der Waals surface area (Å²) >= 11 is 0. The smallest absolute Gasteiger partial charge is 0.407 e. The van der Waals surface area contributed by atoms with Gasteiger partial charge in [0.05, 0.1) is 16.8 Å². The van der Waals surface area contributed by atoms with Crippen molar-refractivity contribution in [3.05, 3.63) is 102 Å². The summed E-state index contributed by atoms with van der Waals surface area (Å²) in [6.07, 6.45) is 3.27. The number of pyridine rings is 1. The van der Waals surface area contributed by atoms with E-state index in [0.717, 1.165) is 46.9 Å². The van der Waals surface area contributed by atoms with Crippen molar-refractivity contribution in [3.8, 4) is 11.3 Å². The van der Waals surface area contributed by atoms with Crippen LogP contribution in [-0.2, 0) is 22.6 Å². The Balaban J connectivity index is 1.52. The van der Waals surface area contributed by atoms with Crippen molar-refractivity contribution in [1.82, 2.24) is 25.8 Å². The summed E-state index contributed by atoms with van der Waals surface area (Å²) in [5.41, 5.74) is 4.81. The molecule has 9 heteroatoms. The van der Waals surface area contributed by atoms with Crippen molar-refractivity contribution in [1.29, 1.82) is 0 Å². The summed E-state index contributed by atoms with van der Waals surface area (Å²) in [6.45, 7) is 12.3. The molecule has 0 aliphatic heterocycles. The number of rotatable bonds is 18. The van der Waals surface area contributed by atoms with E-state index >= 15 is 0 Å². The Morgan fingerprint density at radius 2 is 1.50 bits per heavy atom. The first kappa shape index (κ1) is 38.0. The normalized spacial score (nSPS) is 11.9. The van der Waals surface area contributed by atoms with Crippen LogP contribution in [-0.4, -0.2) is 65.6 Å². The number of amides is 3. The Bertz CT molecular complexity index is 1670. The van der Waals surface area contributed by atoms with Gasteiger partial charge in [-0.2, -0.15) is 0 Å². The van der Waals surface area contributed by atoms with Crippen LogP contribution in [0.4, 0.5) is 4.79 Å². The third-order valence-corrected chi connectivity index (χ3v) is 8.78. The van der Waals surface area contributed by atoms with E-state index in [2.05, 4.69) is 61.5 Å². The largest absolute Gasteiger partial charge is 0.445 e. The zero-order valence-electron chi connectivity index (χ0n) is 30.2. The lowest BCUT2D eigenvalue weighted by Gasteiger charge is -2.30. The van der Waals surface area contributed by atoms with Gasteiger partial charge in [-0.05, 0) is 82.7 Å². The number of carbonyl (C=O) groups is 3.